The molecule has 2 rings (SSSR count). The van der Waals surface area contributed by atoms with E-state index < -0.39 is 16.4 Å². The van der Waals surface area contributed by atoms with Crippen LogP contribution in [0.3, 0.4) is 0 Å². The number of aliphatic hydroxyl groups is 1. The zero-order valence-electron chi connectivity index (χ0n) is 14.4. The molecule has 0 bridgehead atoms. The van der Waals surface area contributed by atoms with E-state index in [1.807, 2.05) is 6.92 Å². The van der Waals surface area contributed by atoms with E-state index in [0.717, 1.165) is 12.0 Å². The van der Waals surface area contributed by atoms with Gasteiger partial charge in [-0.2, -0.15) is 8.42 Å². The molecule has 136 valence electrons. The van der Waals surface area contributed by atoms with Crippen LogP contribution < -0.4 is 13.7 Å². The van der Waals surface area contributed by atoms with E-state index >= 15 is 0 Å². The van der Waals surface area contributed by atoms with Gasteiger partial charge < -0.3 is 18.8 Å². The summed E-state index contributed by atoms with van der Waals surface area (Å²) in [6.45, 7) is 3.71. The Kier molecular flexibility index (Phi) is 6.27. The number of ether oxygens (including phenoxy) is 2. The highest BCUT2D eigenvalue weighted by Gasteiger charge is 2.22. The average Bonchev–Trinajstić information content (AvgIpc) is 2.54. The Hall–Kier alpha value is -2.25. The topological polar surface area (TPSA) is 82.1 Å². The molecular formula is C18H22O6S. The van der Waals surface area contributed by atoms with Crippen molar-refractivity contribution in [1.82, 2.24) is 0 Å². The molecule has 0 aliphatic rings. The molecular weight excluding hydrogens is 344 g/mol. The van der Waals surface area contributed by atoms with Crippen molar-refractivity contribution in [1.29, 1.82) is 0 Å². The summed E-state index contributed by atoms with van der Waals surface area (Å²) >= 11 is 0. The van der Waals surface area contributed by atoms with Gasteiger partial charge in [0.25, 0.3) is 0 Å². The smallest absolute Gasteiger partial charge is 0.342 e. The minimum Gasteiger partial charge on any atom is -0.495 e. The summed E-state index contributed by atoms with van der Waals surface area (Å²) in [5.41, 5.74) is 0.742. The molecule has 0 aliphatic heterocycles. The second kappa shape index (κ2) is 8.22. The summed E-state index contributed by atoms with van der Waals surface area (Å²) in [6, 6.07) is 10.9. The van der Waals surface area contributed by atoms with E-state index in [0.29, 0.717) is 12.2 Å². The molecule has 1 N–H and O–H groups in total. The summed E-state index contributed by atoms with van der Waals surface area (Å²) in [4.78, 5) is -0.0625. The van der Waals surface area contributed by atoms with Gasteiger partial charge in [-0.3, -0.25) is 0 Å². The van der Waals surface area contributed by atoms with E-state index in [2.05, 4.69) is 0 Å². The van der Waals surface area contributed by atoms with Crippen molar-refractivity contribution in [2.75, 3.05) is 7.11 Å². The van der Waals surface area contributed by atoms with Gasteiger partial charge in [-0.05, 0) is 36.8 Å². The zero-order valence-corrected chi connectivity index (χ0v) is 15.2. The summed E-state index contributed by atoms with van der Waals surface area (Å²) in [6.07, 6.45) is 0.285. The molecule has 0 saturated carbocycles. The first kappa shape index (κ1) is 19.1. The van der Waals surface area contributed by atoms with E-state index in [4.69, 9.17) is 13.7 Å². The molecule has 1 unspecified atom stereocenters. The fraction of sp³-hybridized carbons (Fsp3) is 0.333. The molecule has 25 heavy (non-hydrogen) atoms. The Morgan fingerprint density at radius 3 is 2.48 bits per heavy atom. The molecule has 0 heterocycles. The summed E-state index contributed by atoms with van der Waals surface area (Å²) in [7, 11) is -2.68. The highest BCUT2D eigenvalue weighted by Crippen LogP contribution is 2.29. The fourth-order valence-electron chi connectivity index (χ4n) is 2.29. The van der Waals surface area contributed by atoms with Gasteiger partial charge in [0, 0.05) is 12.5 Å². The van der Waals surface area contributed by atoms with Crippen molar-refractivity contribution in [3.63, 3.8) is 0 Å². The van der Waals surface area contributed by atoms with Crippen molar-refractivity contribution < 1.29 is 27.2 Å². The van der Waals surface area contributed by atoms with E-state index in [1.54, 1.807) is 37.3 Å². The van der Waals surface area contributed by atoms with Crippen LogP contribution in [0.1, 0.15) is 25.3 Å². The first-order valence-electron chi connectivity index (χ1n) is 7.89. The predicted octanol–water partition coefficient (Wildman–Crippen LogP) is 3.27. The van der Waals surface area contributed by atoms with Crippen LogP contribution in [0, 0.1) is 6.92 Å². The van der Waals surface area contributed by atoms with Gasteiger partial charge in [0.1, 0.15) is 22.1 Å². The maximum atomic E-state index is 12.5. The van der Waals surface area contributed by atoms with Crippen LogP contribution in [0.2, 0.25) is 0 Å². The van der Waals surface area contributed by atoms with Crippen LogP contribution in [-0.4, -0.2) is 26.9 Å². The van der Waals surface area contributed by atoms with Gasteiger partial charge >= 0.3 is 10.1 Å². The number of aryl methyl sites for hydroxylation is 1. The molecule has 2 aromatic carbocycles. The normalized spacial score (nSPS) is 12.5. The highest BCUT2D eigenvalue weighted by atomic mass is 32.2. The summed E-state index contributed by atoms with van der Waals surface area (Å²) in [5.74, 6) is 0.640. The van der Waals surface area contributed by atoms with Crippen LogP contribution in [0.15, 0.2) is 47.4 Å². The molecule has 6 nitrogen and oxygen atoms in total. The van der Waals surface area contributed by atoms with Gasteiger partial charge in [-0.1, -0.05) is 25.5 Å². The molecule has 2 aromatic rings. The third kappa shape index (κ3) is 5.11. The maximum absolute atomic E-state index is 12.5. The lowest BCUT2D eigenvalue weighted by Gasteiger charge is -2.15. The Morgan fingerprint density at radius 1 is 1.12 bits per heavy atom. The second-order valence-electron chi connectivity index (χ2n) is 5.53. The second-order valence-corrected chi connectivity index (χ2v) is 7.05. The van der Waals surface area contributed by atoms with Gasteiger partial charge in [0.2, 0.25) is 0 Å². The monoisotopic (exact) mass is 366 g/mol. The Balaban J connectivity index is 2.28. The van der Waals surface area contributed by atoms with Gasteiger partial charge in [-0.25, -0.2) is 0 Å². The molecule has 0 spiro atoms. The number of aliphatic hydroxyl groups excluding tert-OH is 1. The standard InChI is InChI=1S/C18H22O6S/c1-4-7-18(19)23-14-10-13(2)11-15(12-14)24-25(20,21)17-9-6-5-8-16(17)22-3/h5-6,8-12,18-19H,4,7H2,1-3H3. The maximum Gasteiger partial charge on any atom is 0.342 e. The molecule has 0 saturated heterocycles. The van der Waals surface area contributed by atoms with Crippen molar-refractivity contribution in [3.05, 3.63) is 48.0 Å². The SMILES string of the molecule is CCCC(O)Oc1cc(C)cc(OS(=O)(=O)c2ccccc2OC)c1. The quantitative estimate of drug-likeness (QED) is 0.570. The van der Waals surface area contributed by atoms with Crippen molar-refractivity contribution in [2.24, 2.45) is 0 Å². The Morgan fingerprint density at radius 2 is 1.80 bits per heavy atom. The predicted molar refractivity (Wildman–Crippen MR) is 93.5 cm³/mol. The molecule has 7 heteroatoms. The van der Waals surface area contributed by atoms with Crippen molar-refractivity contribution in [3.8, 4) is 17.2 Å². The number of methoxy groups -OCH3 is 1. The van der Waals surface area contributed by atoms with Crippen LogP contribution >= 0.6 is 0 Å². The van der Waals surface area contributed by atoms with E-state index in [1.165, 1.54) is 19.2 Å². The molecule has 0 aromatic heterocycles. The average molecular weight is 366 g/mol. The molecule has 0 amide bonds. The van der Waals surface area contributed by atoms with Crippen molar-refractivity contribution in [2.45, 2.75) is 37.9 Å². The third-order valence-electron chi connectivity index (χ3n) is 3.38. The lowest BCUT2D eigenvalue weighted by molar-refractivity contribution is -0.0233. The van der Waals surface area contributed by atoms with Gasteiger partial charge in [0.05, 0.1) is 7.11 Å². The van der Waals surface area contributed by atoms with Crippen molar-refractivity contribution >= 4 is 10.1 Å². The molecule has 0 aliphatic carbocycles. The lowest BCUT2D eigenvalue weighted by Crippen LogP contribution is -2.15. The van der Waals surface area contributed by atoms with E-state index in [-0.39, 0.29) is 16.4 Å². The number of hydrogen-bond donors (Lipinski definition) is 1. The van der Waals surface area contributed by atoms with Crippen LogP contribution in [0.4, 0.5) is 0 Å². The summed E-state index contributed by atoms with van der Waals surface area (Å²) in [5, 5.41) is 9.77. The van der Waals surface area contributed by atoms with Crippen LogP contribution in [-0.2, 0) is 10.1 Å². The van der Waals surface area contributed by atoms with Gasteiger partial charge in [-0.15, -0.1) is 0 Å². The first-order chi connectivity index (χ1) is 11.9. The minimum atomic E-state index is -4.07. The molecule has 1 atom stereocenters. The number of hydrogen-bond acceptors (Lipinski definition) is 6. The minimum absolute atomic E-state index is 0.0625. The zero-order chi connectivity index (χ0) is 18.4. The lowest BCUT2D eigenvalue weighted by atomic mass is 10.2. The van der Waals surface area contributed by atoms with Gasteiger partial charge in [0.15, 0.2) is 6.29 Å². The van der Waals surface area contributed by atoms with Crippen LogP contribution in [0.5, 0.6) is 17.2 Å². The Bertz CT molecular complexity index is 816. The summed E-state index contributed by atoms with van der Waals surface area (Å²) < 4.78 is 40.8. The first-order valence-corrected chi connectivity index (χ1v) is 9.30. The number of benzene rings is 2. The van der Waals surface area contributed by atoms with Crippen LogP contribution in [0.25, 0.3) is 0 Å². The fourth-order valence-corrected chi connectivity index (χ4v) is 3.37. The number of para-hydroxylation sites is 1. The number of rotatable bonds is 8. The Labute approximate surface area is 148 Å². The largest absolute Gasteiger partial charge is 0.495 e. The molecule has 0 fully saturated rings. The van der Waals surface area contributed by atoms with E-state index in [9.17, 15) is 13.5 Å². The third-order valence-corrected chi connectivity index (χ3v) is 4.66. The highest BCUT2D eigenvalue weighted by molar-refractivity contribution is 7.87. The molecule has 0 radical (unpaired) electrons.